The molecule has 0 saturated carbocycles. The molecule has 2 aromatic rings. The van der Waals surface area contributed by atoms with E-state index >= 15 is 0 Å². The van der Waals surface area contributed by atoms with Crippen LogP contribution in [0.5, 0.6) is 0 Å². The Labute approximate surface area is 185 Å². The Morgan fingerprint density at radius 1 is 0.964 bits per heavy atom. The Hall–Kier alpha value is -0.810. The number of rotatable bonds is 6. The minimum Gasteiger partial charge on any atom is -0.326 e. The van der Waals surface area contributed by atoms with Crippen LogP contribution in [0.3, 0.4) is 0 Å². The summed E-state index contributed by atoms with van der Waals surface area (Å²) >= 11 is 24.0. The number of hydrogen-bond acceptors (Lipinski definition) is 3. The van der Waals surface area contributed by atoms with Gasteiger partial charge in [0.05, 0.1) is 20.1 Å². The molecular weight excluding hydrogens is 438 g/mol. The Bertz CT molecular complexity index is 850. The fraction of sp³-hybridized carbons (Fsp3) is 0.381. The molecule has 1 aliphatic heterocycles. The van der Waals surface area contributed by atoms with Crippen molar-refractivity contribution in [2.45, 2.75) is 25.3 Å². The lowest BCUT2D eigenvalue weighted by Gasteiger charge is -2.33. The first-order chi connectivity index (χ1) is 13.3. The Balaban J connectivity index is 1.49. The molecule has 2 aromatic carbocycles. The van der Waals surface area contributed by atoms with E-state index in [0.29, 0.717) is 25.7 Å². The molecule has 0 aromatic heterocycles. The molecule has 1 fully saturated rings. The highest BCUT2D eigenvalue weighted by molar-refractivity contribution is 6.42. The molecule has 28 heavy (non-hydrogen) atoms. The zero-order valence-corrected chi connectivity index (χ0v) is 18.3. The second-order valence-electron chi connectivity index (χ2n) is 7.28. The summed E-state index contributed by atoms with van der Waals surface area (Å²) in [5.41, 5.74) is 8.03. The summed E-state index contributed by atoms with van der Waals surface area (Å²) in [6.45, 7) is 2.49. The van der Waals surface area contributed by atoms with Crippen LogP contribution in [-0.2, 0) is 6.42 Å². The SMILES string of the molecule is NC(Cc1ccc(Cl)c(Cl)c1)CN1CCC(C(=O)c2ccc(Cl)c(Cl)c2)CC1. The van der Waals surface area contributed by atoms with E-state index in [1.165, 1.54) is 0 Å². The van der Waals surface area contributed by atoms with Crippen molar-refractivity contribution in [1.82, 2.24) is 4.90 Å². The van der Waals surface area contributed by atoms with Crippen LogP contribution in [0.1, 0.15) is 28.8 Å². The van der Waals surface area contributed by atoms with Gasteiger partial charge in [-0.1, -0.05) is 52.5 Å². The Morgan fingerprint density at radius 3 is 2.18 bits per heavy atom. The molecule has 0 bridgehead atoms. The minimum absolute atomic E-state index is 0.000402. The van der Waals surface area contributed by atoms with Gasteiger partial charge >= 0.3 is 0 Å². The van der Waals surface area contributed by atoms with Crippen LogP contribution in [0.25, 0.3) is 0 Å². The predicted octanol–water partition coefficient (Wildman–Crippen LogP) is 5.76. The molecule has 3 rings (SSSR count). The zero-order valence-electron chi connectivity index (χ0n) is 15.3. The fourth-order valence-corrected chi connectivity index (χ4v) is 4.25. The van der Waals surface area contributed by atoms with Gasteiger partial charge in [0.1, 0.15) is 0 Å². The molecule has 0 spiro atoms. The minimum atomic E-state index is -0.000402. The molecule has 1 atom stereocenters. The highest BCUT2D eigenvalue weighted by Crippen LogP contribution is 2.27. The number of carbonyl (C=O) groups excluding carboxylic acids is 1. The van der Waals surface area contributed by atoms with E-state index < -0.39 is 0 Å². The van der Waals surface area contributed by atoms with E-state index in [1.54, 1.807) is 24.3 Å². The third kappa shape index (κ3) is 5.63. The van der Waals surface area contributed by atoms with Gasteiger partial charge in [0, 0.05) is 24.1 Å². The van der Waals surface area contributed by atoms with Crippen molar-refractivity contribution in [2.75, 3.05) is 19.6 Å². The largest absolute Gasteiger partial charge is 0.326 e. The van der Waals surface area contributed by atoms with Gasteiger partial charge in [-0.2, -0.15) is 0 Å². The number of carbonyl (C=O) groups is 1. The van der Waals surface area contributed by atoms with Gasteiger partial charge in [0.2, 0.25) is 0 Å². The first kappa shape index (κ1) is 21.9. The zero-order chi connectivity index (χ0) is 20.3. The lowest BCUT2D eigenvalue weighted by Crippen LogP contribution is -2.43. The summed E-state index contributed by atoms with van der Waals surface area (Å²) in [5.74, 6) is 0.151. The second kappa shape index (κ2) is 9.80. The standard InChI is InChI=1S/C21H22Cl4N2O/c22-17-3-1-13(10-19(17)24)9-16(26)12-27-7-5-14(6-8-27)21(28)15-2-4-18(23)20(25)11-15/h1-4,10-11,14,16H,5-9,12,26H2. The maximum absolute atomic E-state index is 12.7. The van der Waals surface area contributed by atoms with Gasteiger partial charge in [-0.05, 0) is 68.2 Å². The van der Waals surface area contributed by atoms with Crippen molar-refractivity contribution < 1.29 is 4.79 Å². The molecule has 3 nitrogen and oxygen atoms in total. The predicted molar refractivity (Wildman–Crippen MR) is 118 cm³/mol. The molecule has 1 unspecified atom stereocenters. The number of ketones is 1. The van der Waals surface area contributed by atoms with Crippen LogP contribution in [0.2, 0.25) is 20.1 Å². The Kier molecular flexibility index (Phi) is 7.66. The van der Waals surface area contributed by atoms with Gasteiger partial charge in [-0.25, -0.2) is 0 Å². The van der Waals surface area contributed by atoms with Crippen LogP contribution in [-0.4, -0.2) is 36.4 Å². The molecule has 7 heteroatoms. The summed E-state index contributed by atoms with van der Waals surface area (Å²) in [6, 6.07) is 10.7. The van der Waals surface area contributed by atoms with E-state index in [9.17, 15) is 4.79 Å². The summed E-state index contributed by atoms with van der Waals surface area (Å²) in [7, 11) is 0. The number of halogens is 4. The van der Waals surface area contributed by atoms with Crippen LogP contribution in [0.15, 0.2) is 36.4 Å². The number of Topliss-reactive ketones (excluding diaryl/α,β-unsaturated/α-hetero) is 1. The first-order valence-corrected chi connectivity index (χ1v) is 10.8. The molecule has 0 aliphatic carbocycles. The van der Waals surface area contributed by atoms with Gasteiger partial charge in [0.25, 0.3) is 0 Å². The normalized spacial score (nSPS) is 16.9. The van der Waals surface area contributed by atoms with Crippen molar-refractivity contribution in [3.05, 3.63) is 67.6 Å². The highest BCUT2D eigenvalue weighted by atomic mass is 35.5. The average molecular weight is 460 g/mol. The van der Waals surface area contributed by atoms with Crippen LogP contribution in [0.4, 0.5) is 0 Å². The first-order valence-electron chi connectivity index (χ1n) is 9.24. The summed E-state index contributed by atoms with van der Waals surface area (Å²) in [6.07, 6.45) is 2.37. The van der Waals surface area contributed by atoms with E-state index in [1.807, 2.05) is 12.1 Å². The topological polar surface area (TPSA) is 46.3 Å². The number of hydrogen-bond donors (Lipinski definition) is 1. The summed E-state index contributed by atoms with van der Waals surface area (Å²) in [4.78, 5) is 15.0. The highest BCUT2D eigenvalue weighted by Gasteiger charge is 2.26. The van der Waals surface area contributed by atoms with Crippen molar-refractivity contribution >= 4 is 52.2 Å². The lowest BCUT2D eigenvalue weighted by atomic mass is 9.88. The lowest BCUT2D eigenvalue weighted by molar-refractivity contribution is 0.0836. The van der Waals surface area contributed by atoms with Crippen molar-refractivity contribution in [3.8, 4) is 0 Å². The third-order valence-corrected chi connectivity index (χ3v) is 6.62. The molecule has 1 aliphatic rings. The van der Waals surface area contributed by atoms with Crippen LogP contribution >= 0.6 is 46.4 Å². The number of benzene rings is 2. The van der Waals surface area contributed by atoms with Crippen LogP contribution in [0, 0.1) is 5.92 Å². The molecule has 1 heterocycles. The van der Waals surface area contributed by atoms with Crippen molar-refractivity contribution in [2.24, 2.45) is 11.7 Å². The molecule has 0 radical (unpaired) electrons. The third-order valence-electron chi connectivity index (χ3n) is 5.14. The number of nitrogens with zero attached hydrogens (tertiary/aromatic N) is 1. The number of nitrogens with two attached hydrogens (primary N) is 1. The quantitative estimate of drug-likeness (QED) is 0.558. The van der Waals surface area contributed by atoms with Crippen molar-refractivity contribution in [1.29, 1.82) is 0 Å². The van der Waals surface area contributed by atoms with Gasteiger partial charge in [-0.3, -0.25) is 4.79 Å². The number of likely N-dealkylation sites (tertiary alicyclic amines) is 1. The maximum atomic E-state index is 12.7. The van der Waals surface area contributed by atoms with E-state index in [2.05, 4.69) is 4.90 Å². The van der Waals surface area contributed by atoms with E-state index in [4.69, 9.17) is 52.1 Å². The summed E-state index contributed by atoms with van der Waals surface area (Å²) < 4.78 is 0. The maximum Gasteiger partial charge on any atom is 0.166 e. The fourth-order valence-electron chi connectivity index (χ4n) is 3.63. The van der Waals surface area contributed by atoms with Gasteiger partial charge < -0.3 is 10.6 Å². The second-order valence-corrected chi connectivity index (χ2v) is 8.91. The van der Waals surface area contributed by atoms with Crippen molar-refractivity contribution in [3.63, 3.8) is 0 Å². The van der Waals surface area contributed by atoms with Crippen LogP contribution < -0.4 is 5.73 Å². The van der Waals surface area contributed by atoms with E-state index in [-0.39, 0.29) is 17.7 Å². The monoisotopic (exact) mass is 458 g/mol. The average Bonchev–Trinajstić information content (AvgIpc) is 2.67. The molecule has 1 saturated heterocycles. The van der Waals surface area contributed by atoms with Gasteiger partial charge in [0.15, 0.2) is 5.78 Å². The molecule has 150 valence electrons. The molecule has 0 amide bonds. The van der Waals surface area contributed by atoms with E-state index in [0.717, 1.165) is 44.5 Å². The summed E-state index contributed by atoms with van der Waals surface area (Å²) in [5, 5.41) is 1.97. The Morgan fingerprint density at radius 2 is 1.57 bits per heavy atom. The smallest absolute Gasteiger partial charge is 0.166 e. The number of piperidine rings is 1. The molecular formula is C21H22Cl4N2O. The van der Waals surface area contributed by atoms with Gasteiger partial charge in [-0.15, -0.1) is 0 Å². The molecule has 2 N–H and O–H groups in total.